The number of hydrogen-bond acceptors (Lipinski definition) is 4. The van der Waals surface area contributed by atoms with Crippen LogP contribution >= 0.6 is 0 Å². The Kier molecular flexibility index (Phi) is 5.81. The van der Waals surface area contributed by atoms with Crippen molar-refractivity contribution in [2.24, 2.45) is 5.92 Å². The molecule has 1 unspecified atom stereocenters. The Morgan fingerprint density at radius 2 is 1.84 bits per heavy atom. The molecule has 0 amide bonds. The van der Waals surface area contributed by atoms with E-state index in [0.717, 1.165) is 25.6 Å². The van der Waals surface area contributed by atoms with Gasteiger partial charge in [0.1, 0.15) is 11.6 Å². The predicted molar refractivity (Wildman–Crippen MR) is 78.2 cm³/mol. The fraction of sp³-hybridized carbons (Fsp3) is 0.933. The number of ether oxygens (including phenoxy) is 1. The van der Waals surface area contributed by atoms with Gasteiger partial charge in [-0.05, 0) is 73.6 Å². The van der Waals surface area contributed by atoms with E-state index in [0.29, 0.717) is 0 Å². The lowest BCUT2D eigenvalue weighted by Crippen LogP contribution is -2.47. The molecule has 0 bridgehead atoms. The molecule has 1 aliphatic rings. The second kappa shape index (κ2) is 6.71. The van der Waals surface area contributed by atoms with Crippen molar-refractivity contribution >= 4 is 5.97 Å². The first kappa shape index (κ1) is 16.4. The van der Waals surface area contributed by atoms with Crippen molar-refractivity contribution in [1.82, 2.24) is 9.80 Å². The molecule has 112 valence electrons. The highest BCUT2D eigenvalue weighted by molar-refractivity contribution is 5.75. The second-order valence-corrected chi connectivity index (χ2v) is 6.95. The van der Waals surface area contributed by atoms with Gasteiger partial charge in [-0.15, -0.1) is 0 Å². The van der Waals surface area contributed by atoms with Gasteiger partial charge in [-0.3, -0.25) is 9.69 Å². The smallest absolute Gasteiger partial charge is 0.323 e. The van der Waals surface area contributed by atoms with Gasteiger partial charge in [-0.1, -0.05) is 0 Å². The van der Waals surface area contributed by atoms with Crippen LogP contribution in [0, 0.1) is 5.92 Å². The zero-order valence-electron chi connectivity index (χ0n) is 13.4. The molecule has 0 spiro atoms. The van der Waals surface area contributed by atoms with Crippen LogP contribution in [0.25, 0.3) is 0 Å². The molecule has 0 aromatic rings. The molecule has 1 atom stereocenters. The molecule has 4 heteroatoms. The zero-order chi connectivity index (χ0) is 14.6. The van der Waals surface area contributed by atoms with E-state index in [9.17, 15) is 4.79 Å². The van der Waals surface area contributed by atoms with Gasteiger partial charge in [0.2, 0.25) is 0 Å². The summed E-state index contributed by atoms with van der Waals surface area (Å²) in [6, 6.07) is -0.125. The van der Waals surface area contributed by atoms with E-state index < -0.39 is 5.60 Å². The second-order valence-electron chi connectivity index (χ2n) is 6.95. The summed E-state index contributed by atoms with van der Waals surface area (Å²) in [6.45, 7) is 10.9. The van der Waals surface area contributed by atoms with Crippen molar-refractivity contribution in [3.05, 3.63) is 0 Å². The van der Waals surface area contributed by atoms with Crippen LogP contribution in [0.5, 0.6) is 0 Å². The SMILES string of the molecule is CC(C(=O)OC(C)(C)C)N1CCC(CN(C)C)CC1. The summed E-state index contributed by atoms with van der Waals surface area (Å²) < 4.78 is 5.46. The van der Waals surface area contributed by atoms with Gasteiger partial charge in [-0.25, -0.2) is 0 Å². The van der Waals surface area contributed by atoms with Crippen LogP contribution in [0.2, 0.25) is 0 Å². The van der Waals surface area contributed by atoms with E-state index in [4.69, 9.17) is 4.74 Å². The lowest BCUT2D eigenvalue weighted by atomic mass is 9.95. The van der Waals surface area contributed by atoms with Crippen LogP contribution in [-0.4, -0.2) is 61.1 Å². The molecule has 1 aliphatic heterocycles. The maximum Gasteiger partial charge on any atom is 0.323 e. The van der Waals surface area contributed by atoms with E-state index in [-0.39, 0.29) is 12.0 Å². The highest BCUT2D eigenvalue weighted by atomic mass is 16.6. The van der Waals surface area contributed by atoms with Gasteiger partial charge in [-0.2, -0.15) is 0 Å². The quantitative estimate of drug-likeness (QED) is 0.731. The van der Waals surface area contributed by atoms with Crippen molar-refractivity contribution < 1.29 is 9.53 Å². The molecule has 1 saturated heterocycles. The predicted octanol–water partition coefficient (Wildman–Crippen LogP) is 1.99. The van der Waals surface area contributed by atoms with Gasteiger partial charge < -0.3 is 9.64 Å². The summed E-state index contributed by atoms with van der Waals surface area (Å²) in [6.07, 6.45) is 2.34. The summed E-state index contributed by atoms with van der Waals surface area (Å²) in [5.41, 5.74) is -0.394. The highest BCUT2D eigenvalue weighted by Crippen LogP contribution is 2.20. The summed E-state index contributed by atoms with van der Waals surface area (Å²) in [7, 11) is 4.24. The van der Waals surface area contributed by atoms with Crippen molar-refractivity contribution in [2.75, 3.05) is 33.7 Å². The van der Waals surface area contributed by atoms with Crippen LogP contribution in [0.15, 0.2) is 0 Å². The van der Waals surface area contributed by atoms with Gasteiger partial charge >= 0.3 is 5.97 Å². The number of rotatable bonds is 4. The Morgan fingerprint density at radius 3 is 2.26 bits per heavy atom. The van der Waals surface area contributed by atoms with Gasteiger partial charge in [0.25, 0.3) is 0 Å². The molecule has 4 nitrogen and oxygen atoms in total. The van der Waals surface area contributed by atoms with Gasteiger partial charge in [0.05, 0.1) is 0 Å². The fourth-order valence-electron chi connectivity index (χ4n) is 2.58. The van der Waals surface area contributed by atoms with E-state index in [2.05, 4.69) is 23.9 Å². The van der Waals surface area contributed by atoms with Crippen LogP contribution in [0.4, 0.5) is 0 Å². The van der Waals surface area contributed by atoms with Gasteiger partial charge in [0, 0.05) is 6.54 Å². The summed E-state index contributed by atoms with van der Waals surface area (Å²) in [5.74, 6) is 0.663. The Morgan fingerprint density at radius 1 is 1.32 bits per heavy atom. The molecular formula is C15H30N2O2. The Balaban J connectivity index is 2.40. The molecule has 1 fully saturated rings. The normalized spacial score (nSPS) is 20.6. The molecule has 1 heterocycles. The average Bonchev–Trinajstić information content (AvgIpc) is 2.26. The molecule has 0 radical (unpaired) electrons. The molecule has 0 saturated carbocycles. The number of likely N-dealkylation sites (tertiary alicyclic amines) is 1. The molecule has 0 aliphatic carbocycles. The first-order valence-corrected chi connectivity index (χ1v) is 7.30. The van der Waals surface area contributed by atoms with Crippen molar-refractivity contribution in [2.45, 2.75) is 52.2 Å². The number of carbonyl (C=O) groups is 1. The molecule has 1 rings (SSSR count). The fourth-order valence-corrected chi connectivity index (χ4v) is 2.58. The first-order valence-electron chi connectivity index (χ1n) is 7.30. The van der Waals surface area contributed by atoms with Crippen LogP contribution < -0.4 is 0 Å². The molecule has 0 N–H and O–H groups in total. The molecule has 0 aromatic carbocycles. The summed E-state index contributed by atoms with van der Waals surface area (Å²) in [5, 5.41) is 0. The number of esters is 1. The summed E-state index contributed by atoms with van der Waals surface area (Å²) in [4.78, 5) is 16.5. The van der Waals surface area contributed by atoms with E-state index in [1.807, 2.05) is 27.7 Å². The largest absolute Gasteiger partial charge is 0.459 e. The standard InChI is InChI=1S/C15H30N2O2/c1-12(14(18)19-15(2,3)4)17-9-7-13(8-10-17)11-16(5)6/h12-13H,7-11H2,1-6H3. The van der Waals surface area contributed by atoms with Crippen molar-refractivity contribution in [3.8, 4) is 0 Å². The van der Waals surface area contributed by atoms with Crippen LogP contribution in [0.3, 0.4) is 0 Å². The third-order valence-electron chi connectivity index (χ3n) is 3.57. The number of carbonyl (C=O) groups excluding carboxylic acids is 1. The lowest BCUT2D eigenvalue weighted by Gasteiger charge is -2.36. The monoisotopic (exact) mass is 270 g/mol. The number of hydrogen-bond donors (Lipinski definition) is 0. The Labute approximate surface area is 118 Å². The van der Waals surface area contributed by atoms with Crippen molar-refractivity contribution in [3.63, 3.8) is 0 Å². The molecular weight excluding hydrogens is 240 g/mol. The van der Waals surface area contributed by atoms with E-state index >= 15 is 0 Å². The summed E-state index contributed by atoms with van der Waals surface area (Å²) >= 11 is 0. The van der Waals surface area contributed by atoms with Crippen LogP contribution in [-0.2, 0) is 9.53 Å². The third-order valence-corrected chi connectivity index (χ3v) is 3.57. The molecule has 0 aromatic heterocycles. The minimum Gasteiger partial charge on any atom is -0.459 e. The topological polar surface area (TPSA) is 32.8 Å². The highest BCUT2D eigenvalue weighted by Gasteiger charge is 2.29. The minimum atomic E-state index is -0.394. The first-order chi connectivity index (χ1) is 8.69. The van der Waals surface area contributed by atoms with E-state index in [1.165, 1.54) is 12.8 Å². The minimum absolute atomic E-state index is 0.0986. The maximum absolute atomic E-state index is 12.0. The maximum atomic E-state index is 12.0. The lowest BCUT2D eigenvalue weighted by molar-refractivity contribution is -0.161. The number of nitrogens with zero attached hydrogens (tertiary/aromatic N) is 2. The van der Waals surface area contributed by atoms with Gasteiger partial charge in [0.15, 0.2) is 0 Å². The van der Waals surface area contributed by atoms with Crippen LogP contribution in [0.1, 0.15) is 40.5 Å². The molecule has 19 heavy (non-hydrogen) atoms. The average molecular weight is 270 g/mol. The van der Waals surface area contributed by atoms with E-state index in [1.54, 1.807) is 0 Å². The van der Waals surface area contributed by atoms with Crippen molar-refractivity contribution in [1.29, 1.82) is 0 Å². The Hall–Kier alpha value is -0.610. The zero-order valence-corrected chi connectivity index (χ0v) is 13.4. The third kappa shape index (κ3) is 5.91. The Bertz CT molecular complexity index is 289. The number of piperidine rings is 1.